The van der Waals surface area contributed by atoms with Crippen LogP contribution in [-0.2, 0) is 11.2 Å². The van der Waals surface area contributed by atoms with Crippen molar-refractivity contribution >= 4 is 5.97 Å². The minimum atomic E-state index is -0.869. The zero-order valence-corrected chi connectivity index (χ0v) is 10.6. The van der Waals surface area contributed by atoms with Gasteiger partial charge in [0, 0.05) is 5.56 Å². The van der Waals surface area contributed by atoms with Gasteiger partial charge in [0.1, 0.15) is 0 Å². The molecule has 0 saturated heterocycles. The Morgan fingerprint density at radius 1 is 1.35 bits per heavy atom. The molecule has 4 heteroatoms. The van der Waals surface area contributed by atoms with Crippen LogP contribution in [0.4, 0.5) is 0 Å². The first-order chi connectivity index (χ1) is 8.06. The van der Waals surface area contributed by atoms with Gasteiger partial charge in [-0.25, -0.2) is 0 Å². The van der Waals surface area contributed by atoms with Gasteiger partial charge in [-0.2, -0.15) is 0 Å². The molecule has 4 nitrogen and oxygen atoms in total. The minimum absolute atomic E-state index is 0.516. The number of benzene rings is 1. The summed E-state index contributed by atoms with van der Waals surface area (Å²) in [5.41, 5.74) is 1.67. The van der Waals surface area contributed by atoms with Crippen LogP contribution < -0.4 is 9.47 Å². The first kappa shape index (κ1) is 13.4. The number of carboxylic acid groups (broad SMARTS) is 1. The van der Waals surface area contributed by atoms with Crippen LogP contribution in [0, 0.1) is 0 Å². The van der Waals surface area contributed by atoms with Gasteiger partial charge in [0.25, 0.3) is 0 Å². The molecule has 1 rings (SSSR count). The molecule has 0 radical (unpaired) electrons. The van der Waals surface area contributed by atoms with E-state index in [0.29, 0.717) is 17.1 Å². The van der Waals surface area contributed by atoms with Crippen molar-refractivity contribution in [3.63, 3.8) is 0 Å². The molecule has 0 aromatic heterocycles. The number of carboxylic acids is 1. The summed E-state index contributed by atoms with van der Waals surface area (Å²) in [5.74, 6) is -0.407. The smallest absolute Gasteiger partial charge is 0.310 e. The van der Waals surface area contributed by atoms with Crippen molar-refractivity contribution in [2.24, 2.45) is 0 Å². The molecule has 1 unspecified atom stereocenters. The average Bonchev–Trinajstić information content (AvgIpc) is 2.35. The monoisotopic (exact) mass is 238 g/mol. The van der Waals surface area contributed by atoms with Gasteiger partial charge in [0.15, 0.2) is 11.5 Å². The fraction of sp³-hybridized carbons (Fsp3) is 0.462. The number of hydrogen-bond acceptors (Lipinski definition) is 3. The molecule has 0 aliphatic carbocycles. The highest BCUT2D eigenvalue weighted by atomic mass is 16.5. The number of aryl methyl sites for hydroxylation is 1. The Bertz CT molecular complexity index is 412. The van der Waals surface area contributed by atoms with Gasteiger partial charge in [-0.05, 0) is 25.0 Å². The number of rotatable bonds is 5. The highest BCUT2D eigenvalue weighted by Crippen LogP contribution is 2.38. The lowest BCUT2D eigenvalue weighted by atomic mass is 9.93. The van der Waals surface area contributed by atoms with Crippen molar-refractivity contribution in [1.29, 1.82) is 0 Å². The Kier molecular flexibility index (Phi) is 4.37. The van der Waals surface area contributed by atoms with Crippen LogP contribution in [0.25, 0.3) is 0 Å². The Labute approximate surface area is 101 Å². The summed E-state index contributed by atoms with van der Waals surface area (Å²) in [5, 5.41) is 9.14. The van der Waals surface area contributed by atoms with E-state index in [1.165, 1.54) is 7.11 Å². The molecule has 0 aliphatic rings. The Morgan fingerprint density at radius 3 is 2.41 bits per heavy atom. The summed E-state index contributed by atoms with van der Waals surface area (Å²) in [4.78, 5) is 11.1. The maximum absolute atomic E-state index is 11.1. The Hall–Kier alpha value is -1.71. The predicted molar refractivity (Wildman–Crippen MR) is 65.0 cm³/mol. The number of carbonyl (C=O) groups is 1. The highest BCUT2D eigenvalue weighted by Gasteiger charge is 2.24. The van der Waals surface area contributed by atoms with Gasteiger partial charge >= 0.3 is 5.97 Å². The molecule has 17 heavy (non-hydrogen) atoms. The van der Waals surface area contributed by atoms with Crippen molar-refractivity contribution < 1.29 is 19.4 Å². The zero-order valence-electron chi connectivity index (χ0n) is 10.6. The second-order valence-corrected chi connectivity index (χ2v) is 3.79. The summed E-state index contributed by atoms with van der Waals surface area (Å²) < 4.78 is 10.5. The molecular weight excluding hydrogens is 220 g/mol. The third-order valence-corrected chi connectivity index (χ3v) is 2.86. The van der Waals surface area contributed by atoms with E-state index in [2.05, 4.69) is 0 Å². The molecule has 0 saturated carbocycles. The summed E-state index contributed by atoms with van der Waals surface area (Å²) in [6, 6.07) is 3.69. The lowest BCUT2D eigenvalue weighted by Gasteiger charge is -2.18. The van der Waals surface area contributed by atoms with E-state index in [1.54, 1.807) is 20.1 Å². The molecular formula is C13H18O4. The van der Waals surface area contributed by atoms with E-state index in [-0.39, 0.29) is 0 Å². The number of aliphatic carboxylic acids is 1. The molecule has 0 fully saturated rings. The maximum atomic E-state index is 11.1. The van der Waals surface area contributed by atoms with Crippen LogP contribution in [-0.4, -0.2) is 25.3 Å². The van der Waals surface area contributed by atoms with E-state index in [4.69, 9.17) is 14.6 Å². The largest absolute Gasteiger partial charge is 0.493 e. The normalized spacial score (nSPS) is 12.0. The van der Waals surface area contributed by atoms with Gasteiger partial charge in [0.2, 0.25) is 0 Å². The van der Waals surface area contributed by atoms with Crippen molar-refractivity contribution in [1.82, 2.24) is 0 Å². The molecule has 0 heterocycles. The summed E-state index contributed by atoms with van der Waals surface area (Å²) in [6.07, 6.45) is 0.757. The van der Waals surface area contributed by atoms with Crippen LogP contribution in [0.1, 0.15) is 30.9 Å². The first-order valence-electron chi connectivity index (χ1n) is 5.53. The van der Waals surface area contributed by atoms with E-state index < -0.39 is 11.9 Å². The lowest BCUT2D eigenvalue weighted by Crippen LogP contribution is -2.12. The Morgan fingerprint density at radius 2 is 2.00 bits per heavy atom. The summed E-state index contributed by atoms with van der Waals surface area (Å²) in [6.45, 7) is 3.64. The van der Waals surface area contributed by atoms with Gasteiger partial charge in [-0.15, -0.1) is 0 Å². The minimum Gasteiger partial charge on any atom is -0.493 e. The van der Waals surface area contributed by atoms with Crippen LogP contribution >= 0.6 is 0 Å². The van der Waals surface area contributed by atoms with Gasteiger partial charge in [-0.1, -0.05) is 13.0 Å². The van der Waals surface area contributed by atoms with E-state index >= 15 is 0 Å². The maximum Gasteiger partial charge on any atom is 0.310 e. The van der Waals surface area contributed by atoms with Crippen molar-refractivity contribution in [2.75, 3.05) is 14.2 Å². The first-order valence-corrected chi connectivity index (χ1v) is 5.53. The van der Waals surface area contributed by atoms with Crippen LogP contribution in [0.2, 0.25) is 0 Å². The molecule has 1 aromatic carbocycles. The molecule has 0 aliphatic heterocycles. The van der Waals surface area contributed by atoms with Crippen molar-refractivity contribution in [3.05, 3.63) is 23.3 Å². The predicted octanol–water partition coefficient (Wildman–Crippen LogP) is 2.45. The molecule has 0 spiro atoms. The molecule has 0 bridgehead atoms. The third-order valence-electron chi connectivity index (χ3n) is 2.86. The molecule has 1 atom stereocenters. The molecule has 0 amide bonds. The SMILES string of the molecule is CCc1ccc(OC)c(OC)c1C(C)C(=O)O. The molecule has 1 aromatic rings. The number of methoxy groups -OCH3 is 2. The van der Waals surface area contributed by atoms with Crippen molar-refractivity contribution in [3.8, 4) is 11.5 Å². The van der Waals surface area contributed by atoms with E-state index in [9.17, 15) is 4.79 Å². The summed E-state index contributed by atoms with van der Waals surface area (Å²) >= 11 is 0. The quantitative estimate of drug-likeness (QED) is 0.856. The average molecular weight is 238 g/mol. The fourth-order valence-electron chi connectivity index (χ4n) is 1.90. The van der Waals surface area contributed by atoms with Crippen LogP contribution in [0.15, 0.2) is 12.1 Å². The molecule has 1 N–H and O–H groups in total. The zero-order chi connectivity index (χ0) is 13.0. The second-order valence-electron chi connectivity index (χ2n) is 3.79. The Balaban J connectivity index is 3.44. The lowest BCUT2D eigenvalue weighted by molar-refractivity contribution is -0.138. The fourth-order valence-corrected chi connectivity index (χ4v) is 1.90. The van der Waals surface area contributed by atoms with Gasteiger partial charge in [0.05, 0.1) is 20.1 Å². The molecule has 94 valence electrons. The van der Waals surface area contributed by atoms with Gasteiger partial charge in [-0.3, -0.25) is 4.79 Å². The standard InChI is InChI=1S/C13H18O4/c1-5-9-6-7-10(16-3)12(17-4)11(9)8(2)13(14)15/h6-8H,5H2,1-4H3,(H,14,15). The number of hydrogen-bond donors (Lipinski definition) is 1. The number of ether oxygens (including phenoxy) is 2. The second kappa shape index (κ2) is 5.57. The van der Waals surface area contributed by atoms with E-state index in [1.807, 2.05) is 13.0 Å². The van der Waals surface area contributed by atoms with E-state index in [0.717, 1.165) is 12.0 Å². The highest BCUT2D eigenvalue weighted by molar-refractivity contribution is 5.78. The van der Waals surface area contributed by atoms with Crippen LogP contribution in [0.3, 0.4) is 0 Å². The van der Waals surface area contributed by atoms with Crippen LogP contribution in [0.5, 0.6) is 11.5 Å². The van der Waals surface area contributed by atoms with Crippen molar-refractivity contribution in [2.45, 2.75) is 26.2 Å². The van der Waals surface area contributed by atoms with Gasteiger partial charge < -0.3 is 14.6 Å². The topological polar surface area (TPSA) is 55.8 Å². The summed E-state index contributed by atoms with van der Waals surface area (Å²) in [7, 11) is 3.06. The third kappa shape index (κ3) is 2.52.